The molecule has 120 valence electrons. The van der Waals surface area contributed by atoms with Gasteiger partial charge in [-0.3, -0.25) is 14.1 Å². The Labute approximate surface area is 140 Å². The van der Waals surface area contributed by atoms with Gasteiger partial charge in [0.05, 0.1) is 5.69 Å². The molecule has 2 aromatic heterocycles. The molecule has 2 heterocycles. The third-order valence-electron chi connectivity index (χ3n) is 3.90. The minimum Gasteiger partial charge on any atom is -0.294 e. The average molecular weight is 327 g/mol. The fourth-order valence-corrected chi connectivity index (χ4v) is 3.45. The molecule has 0 aliphatic carbocycles. The number of hydrogen-bond donors (Lipinski definition) is 0. The molecule has 0 unspecified atom stereocenters. The summed E-state index contributed by atoms with van der Waals surface area (Å²) >= 11 is 1.55. The molecule has 0 N–H and O–H groups in total. The van der Waals surface area contributed by atoms with Gasteiger partial charge >= 0.3 is 0 Å². The first-order chi connectivity index (χ1) is 11.0. The highest BCUT2D eigenvalue weighted by molar-refractivity contribution is 7.16. The molecule has 0 bridgehead atoms. The van der Waals surface area contributed by atoms with Crippen molar-refractivity contribution in [1.29, 1.82) is 0 Å². The van der Waals surface area contributed by atoms with Gasteiger partial charge in [0.15, 0.2) is 4.96 Å². The van der Waals surface area contributed by atoms with Gasteiger partial charge in [0.25, 0.3) is 5.56 Å². The molecular formula is C18H21N3OS. The topological polar surface area (TPSA) is 37.6 Å². The van der Waals surface area contributed by atoms with E-state index >= 15 is 0 Å². The first-order valence-corrected chi connectivity index (χ1v) is 8.63. The van der Waals surface area contributed by atoms with Crippen molar-refractivity contribution in [3.05, 3.63) is 68.6 Å². The van der Waals surface area contributed by atoms with Gasteiger partial charge < -0.3 is 0 Å². The zero-order valence-corrected chi connectivity index (χ0v) is 14.6. The van der Waals surface area contributed by atoms with Crippen LogP contribution in [0.1, 0.15) is 28.6 Å². The summed E-state index contributed by atoms with van der Waals surface area (Å²) in [6, 6.07) is 10.2. The monoisotopic (exact) mass is 327 g/mol. The number of rotatable bonds is 5. The Kier molecular flexibility index (Phi) is 4.59. The minimum atomic E-state index is 0.000684. The molecule has 23 heavy (non-hydrogen) atoms. The first kappa shape index (κ1) is 15.9. The number of thiazole rings is 1. The largest absolute Gasteiger partial charge is 0.294 e. The van der Waals surface area contributed by atoms with Gasteiger partial charge in [-0.05, 0) is 26.0 Å². The second kappa shape index (κ2) is 6.64. The molecule has 0 aliphatic rings. The predicted molar refractivity (Wildman–Crippen MR) is 95.0 cm³/mol. The van der Waals surface area contributed by atoms with Crippen molar-refractivity contribution in [2.75, 3.05) is 6.54 Å². The quantitative estimate of drug-likeness (QED) is 0.721. The molecule has 5 heteroatoms. The van der Waals surface area contributed by atoms with E-state index < -0.39 is 0 Å². The molecule has 3 aromatic rings. The highest BCUT2D eigenvalue weighted by Crippen LogP contribution is 2.14. The van der Waals surface area contributed by atoms with Crippen molar-refractivity contribution >= 4 is 16.3 Å². The maximum absolute atomic E-state index is 12.2. The number of hydrogen-bond acceptors (Lipinski definition) is 4. The second-order valence-electron chi connectivity index (χ2n) is 5.87. The summed E-state index contributed by atoms with van der Waals surface area (Å²) in [6.45, 7) is 8.69. The number of aryl methyl sites for hydroxylation is 2. The van der Waals surface area contributed by atoms with Crippen LogP contribution in [-0.4, -0.2) is 20.8 Å². The lowest BCUT2D eigenvalue weighted by Crippen LogP contribution is -2.24. The van der Waals surface area contributed by atoms with Crippen molar-refractivity contribution in [3.8, 4) is 0 Å². The number of aromatic nitrogens is 2. The van der Waals surface area contributed by atoms with E-state index in [2.05, 4.69) is 48.0 Å². The fourth-order valence-electron chi connectivity index (χ4n) is 2.60. The Morgan fingerprint density at radius 1 is 1.17 bits per heavy atom. The molecule has 0 saturated heterocycles. The summed E-state index contributed by atoms with van der Waals surface area (Å²) in [6.07, 6.45) is 1.85. The molecule has 0 amide bonds. The molecule has 0 spiro atoms. The summed E-state index contributed by atoms with van der Waals surface area (Å²) in [5.74, 6) is 0. The van der Waals surface area contributed by atoms with Crippen LogP contribution in [0.3, 0.4) is 0 Å². The van der Waals surface area contributed by atoms with Crippen LogP contribution in [0.15, 0.2) is 41.3 Å². The van der Waals surface area contributed by atoms with Crippen LogP contribution in [0.5, 0.6) is 0 Å². The summed E-state index contributed by atoms with van der Waals surface area (Å²) < 4.78 is 1.62. The summed E-state index contributed by atoms with van der Waals surface area (Å²) in [5, 5.41) is 0. The van der Waals surface area contributed by atoms with Gasteiger partial charge in [0, 0.05) is 30.2 Å². The molecule has 0 saturated carbocycles. The van der Waals surface area contributed by atoms with Gasteiger partial charge in [-0.1, -0.05) is 36.8 Å². The van der Waals surface area contributed by atoms with Crippen LogP contribution in [-0.2, 0) is 13.1 Å². The zero-order valence-electron chi connectivity index (χ0n) is 13.7. The van der Waals surface area contributed by atoms with Crippen LogP contribution in [0.4, 0.5) is 0 Å². The molecule has 3 rings (SSSR count). The van der Waals surface area contributed by atoms with Gasteiger partial charge in [0.1, 0.15) is 0 Å². The summed E-state index contributed by atoms with van der Waals surface area (Å²) in [4.78, 5) is 21.0. The smallest absolute Gasteiger partial charge is 0.258 e. The van der Waals surface area contributed by atoms with Crippen molar-refractivity contribution < 1.29 is 0 Å². The third-order valence-corrected chi connectivity index (χ3v) is 4.79. The van der Waals surface area contributed by atoms with Gasteiger partial charge in [0.2, 0.25) is 0 Å². The lowest BCUT2D eigenvalue weighted by molar-refractivity contribution is 0.268. The van der Waals surface area contributed by atoms with E-state index in [-0.39, 0.29) is 5.56 Å². The predicted octanol–water partition coefficient (Wildman–Crippen LogP) is 3.39. The van der Waals surface area contributed by atoms with Crippen LogP contribution < -0.4 is 5.56 Å². The maximum atomic E-state index is 12.2. The van der Waals surface area contributed by atoms with Gasteiger partial charge in [-0.15, -0.1) is 11.3 Å². The van der Waals surface area contributed by atoms with Crippen LogP contribution >= 0.6 is 11.3 Å². The van der Waals surface area contributed by atoms with E-state index in [1.165, 1.54) is 11.1 Å². The number of benzene rings is 1. The molecule has 1 aromatic carbocycles. The number of nitrogens with zero attached hydrogens (tertiary/aromatic N) is 3. The minimum absolute atomic E-state index is 0.000684. The SMILES string of the molecule is CCN(Cc1ccc(C)cc1)Cc1cc(=O)n2cc(C)sc2n1. The zero-order chi connectivity index (χ0) is 16.4. The van der Waals surface area contributed by atoms with E-state index in [1.54, 1.807) is 21.8 Å². The lowest BCUT2D eigenvalue weighted by atomic mass is 10.1. The van der Waals surface area contributed by atoms with E-state index in [0.29, 0.717) is 6.54 Å². The van der Waals surface area contributed by atoms with Crippen LogP contribution in [0, 0.1) is 13.8 Å². The third kappa shape index (κ3) is 3.68. The average Bonchev–Trinajstić information content (AvgIpc) is 2.90. The van der Waals surface area contributed by atoms with Crippen molar-refractivity contribution in [3.63, 3.8) is 0 Å². The summed E-state index contributed by atoms with van der Waals surface area (Å²) in [7, 11) is 0. The Morgan fingerprint density at radius 2 is 1.91 bits per heavy atom. The van der Waals surface area contributed by atoms with E-state index in [0.717, 1.165) is 28.6 Å². The molecule has 4 nitrogen and oxygen atoms in total. The highest BCUT2D eigenvalue weighted by Gasteiger charge is 2.10. The fraction of sp³-hybridized carbons (Fsp3) is 0.333. The lowest BCUT2D eigenvalue weighted by Gasteiger charge is -2.20. The molecule has 0 fully saturated rings. The number of fused-ring (bicyclic) bond motifs is 1. The summed E-state index contributed by atoms with van der Waals surface area (Å²) in [5.41, 5.74) is 3.39. The molecule has 0 atom stereocenters. The van der Waals surface area contributed by atoms with Crippen LogP contribution in [0.2, 0.25) is 0 Å². The van der Waals surface area contributed by atoms with E-state index in [1.807, 2.05) is 13.1 Å². The van der Waals surface area contributed by atoms with Gasteiger partial charge in [-0.25, -0.2) is 4.98 Å². The highest BCUT2D eigenvalue weighted by atomic mass is 32.1. The molecule has 0 aliphatic heterocycles. The Hall–Kier alpha value is -1.98. The normalized spacial score (nSPS) is 11.5. The second-order valence-corrected chi connectivity index (χ2v) is 7.08. The Balaban J connectivity index is 1.81. The molecular weight excluding hydrogens is 306 g/mol. The standard InChI is InChI=1S/C18H21N3OS/c1-4-20(11-15-7-5-13(2)6-8-15)12-16-9-17(22)21-10-14(3)23-18(21)19-16/h5-10H,4,11-12H2,1-3H3. The van der Waals surface area contributed by atoms with Crippen molar-refractivity contribution in [2.24, 2.45) is 0 Å². The Morgan fingerprint density at radius 3 is 2.61 bits per heavy atom. The molecule has 0 radical (unpaired) electrons. The maximum Gasteiger partial charge on any atom is 0.258 e. The first-order valence-electron chi connectivity index (χ1n) is 7.82. The van der Waals surface area contributed by atoms with Crippen LogP contribution in [0.25, 0.3) is 4.96 Å². The van der Waals surface area contributed by atoms with E-state index in [9.17, 15) is 4.79 Å². The van der Waals surface area contributed by atoms with Crippen molar-refractivity contribution in [1.82, 2.24) is 14.3 Å². The van der Waals surface area contributed by atoms with Crippen molar-refractivity contribution in [2.45, 2.75) is 33.9 Å². The Bertz CT molecular complexity index is 864. The van der Waals surface area contributed by atoms with E-state index in [4.69, 9.17) is 0 Å². The van der Waals surface area contributed by atoms with Gasteiger partial charge in [-0.2, -0.15) is 0 Å².